The highest BCUT2D eigenvalue weighted by atomic mass is 15.2. The fourth-order valence-corrected chi connectivity index (χ4v) is 2.73. The SMILES string of the molecule is CCN1CCCCC(N)C1c1ccc(C)nc1. The summed E-state index contributed by atoms with van der Waals surface area (Å²) in [5.41, 5.74) is 8.68. The molecule has 1 fully saturated rings. The molecule has 1 aliphatic heterocycles. The number of hydrogen-bond donors (Lipinski definition) is 1. The second kappa shape index (κ2) is 5.61. The Labute approximate surface area is 104 Å². The van der Waals surface area contributed by atoms with Crippen LogP contribution in [0.2, 0.25) is 0 Å². The zero-order chi connectivity index (χ0) is 12.3. The molecule has 0 amide bonds. The van der Waals surface area contributed by atoms with Gasteiger partial charge in [-0.05, 0) is 44.5 Å². The molecule has 0 radical (unpaired) electrons. The lowest BCUT2D eigenvalue weighted by atomic mass is 9.97. The van der Waals surface area contributed by atoms with Gasteiger partial charge in [-0.2, -0.15) is 0 Å². The monoisotopic (exact) mass is 233 g/mol. The molecule has 2 rings (SSSR count). The summed E-state index contributed by atoms with van der Waals surface area (Å²) in [5.74, 6) is 0. The van der Waals surface area contributed by atoms with E-state index in [2.05, 4.69) is 28.9 Å². The summed E-state index contributed by atoms with van der Waals surface area (Å²) < 4.78 is 0. The summed E-state index contributed by atoms with van der Waals surface area (Å²) in [6.07, 6.45) is 5.62. The highest BCUT2D eigenvalue weighted by Gasteiger charge is 2.27. The van der Waals surface area contributed by atoms with E-state index in [0.29, 0.717) is 6.04 Å². The average Bonchev–Trinajstić information content (AvgIpc) is 2.52. The van der Waals surface area contributed by atoms with Crippen molar-refractivity contribution in [2.24, 2.45) is 5.73 Å². The molecule has 0 bridgehead atoms. The Kier molecular flexibility index (Phi) is 4.13. The second-order valence-corrected chi connectivity index (χ2v) is 4.97. The second-order valence-electron chi connectivity index (χ2n) is 4.97. The van der Waals surface area contributed by atoms with Crippen LogP contribution in [0.1, 0.15) is 43.5 Å². The van der Waals surface area contributed by atoms with Crippen molar-refractivity contribution >= 4 is 0 Å². The van der Waals surface area contributed by atoms with Gasteiger partial charge in [-0.3, -0.25) is 9.88 Å². The molecular weight excluding hydrogens is 210 g/mol. The number of hydrogen-bond acceptors (Lipinski definition) is 3. The maximum absolute atomic E-state index is 6.35. The van der Waals surface area contributed by atoms with Crippen LogP contribution in [0.25, 0.3) is 0 Å². The highest BCUT2D eigenvalue weighted by Crippen LogP contribution is 2.28. The quantitative estimate of drug-likeness (QED) is 0.852. The van der Waals surface area contributed by atoms with Gasteiger partial charge in [-0.25, -0.2) is 0 Å². The van der Waals surface area contributed by atoms with E-state index in [1.165, 1.54) is 18.4 Å². The predicted octanol–water partition coefficient (Wildman–Crippen LogP) is 2.26. The normalized spacial score (nSPS) is 26.8. The molecule has 0 aliphatic carbocycles. The van der Waals surface area contributed by atoms with Crippen LogP contribution in [0.15, 0.2) is 18.3 Å². The molecule has 2 heterocycles. The van der Waals surface area contributed by atoms with Gasteiger partial charge in [0.15, 0.2) is 0 Å². The van der Waals surface area contributed by atoms with Crippen molar-refractivity contribution in [3.8, 4) is 0 Å². The zero-order valence-electron chi connectivity index (χ0n) is 10.9. The van der Waals surface area contributed by atoms with Gasteiger partial charge in [0.05, 0.1) is 6.04 Å². The summed E-state index contributed by atoms with van der Waals surface area (Å²) >= 11 is 0. The molecule has 3 nitrogen and oxygen atoms in total. The lowest BCUT2D eigenvalue weighted by Crippen LogP contribution is -2.39. The molecule has 17 heavy (non-hydrogen) atoms. The van der Waals surface area contributed by atoms with Crippen molar-refractivity contribution in [2.75, 3.05) is 13.1 Å². The summed E-state index contributed by atoms with van der Waals surface area (Å²) in [6, 6.07) is 4.85. The minimum absolute atomic E-state index is 0.238. The van der Waals surface area contributed by atoms with Crippen molar-refractivity contribution in [1.29, 1.82) is 0 Å². The zero-order valence-corrected chi connectivity index (χ0v) is 10.9. The van der Waals surface area contributed by atoms with Gasteiger partial charge < -0.3 is 5.73 Å². The van der Waals surface area contributed by atoms with Crippen molar-refractivity contribution in [3.05, 3.63) is 29.6 Å². The Balaban J connectivity index is 2.26. The van der Waals surface area contributed by atoms with Gasteiger partial charge in [0.25, 0.3) is 0 Å². The third-order valence-corrected chi connectivity index (χ3v) is 3.71. The number of likely N-dealkylation sites (tertiary alicyclic amines) is 1. The van der Waals surface area contributed by atoms with E-state index in [0.717, 1.165) is 25.2 Å². The van der Waals surface area contributed by atoms with Gasteiger partial charge in [0, 0.05) is 17.9 Å². The molecule has 1 aromatic heterocycles. The van der Waals surface area contributed by atoms with Crippen LogP contribution in [-0.2, 0) is 0 Å². The molecule has 0 aromatic carbocycles. The van der Waals surface area contributed by atoms with Gasteiger partial charge in [0.1, 0.15) is 0 Å². The number of aryl methyl sites for hydroxylation is 1. The van der Waals surface area contributed by atoms with Crippen LogP contribution in [0, 0.1) is 6.92 Å². The van der Waals surface area contributed by atoms with Crippen LogP contribution < -0.4 is 5.73 Å². The third-order valence-electron chi connectivity index (χ3n) is 3.71. The van der Waals surface area contributed by atoms with Crippen LogP contribution in [0.3, 0.4) is 0 Å². The van der Waals surface area contributed by atoms with Crippen molar-refractivity contribution in [1.82, 2.24) is 9.88 Å². The standard InChI is InChI=1S/C14H23N3/c1-3-17-9-5-4-6-13(15)14(17)12-8-7-11(2)16-10-12/h7-8,10,13-14H,3-6,9,15H2,1-2H3. The molecule has 1 aliphatic rings. The maximum Gasteiger partial charge on any atom is 0.0514 e. The van der Waals surface area contributed by atoms with Crippen LogP contribution in [0.5, 0.6) is 0 Å². The molecule has 94 valence electrons. The fraction of sp³-hybridized carbons (Fsp3) is 0.643. The molecule has 2 N–H and O–H groups in total. The van der Waals surface area contributed by atoms with E-state index in [1.807, 2.05) is 13.1 Å². The van der Waals surface area contributed by atoms with Gasteiger partial charge in [0.2, 0.25) is 0 Å². The summed E-state index contributed by atoms with van der Waals surface area (Å²) in [5, 5.41) is 0. The number of likely N-dealkylation sites (N-methyl/N-ethyl adjacent to an activating group) is 1. The molecule has 0 saturated carbocycles. The fourth-order valence-electron chi connectivity index (χ4n) is 2.73. The third kappa shape index (κ3) is 2.85. The first-order valence-corrected chi connectivity index (χ1v) is 6.64. The Hall–Kier alpha value is -0.930. The Bertz CT molecular complexity index is 347. The smallest absolute Gasteiger partial charge is 0.0514 e. The summed E-state index contributed by atoms with van der Waals surface area (Å²) in [7, 11) is 0. The number of aromatic nitrogens is 1. The number of nitrogens with two attached hydrogens (primary N) is 1. The first-order chi connectivity index (χ1) is 8.22. The van der Waals surface area contributed by atoms with Gasteiger partial charge in [-0.15, -0.1) is 0 Å². The maximum atomic E-state index is 6.35. The first kappa shape index (κ1) is 12.5. The van der Waals surface area contributed by atoms with E-state index >= 15 is 0 Å². The number of rotatable bonds is 2. The van der Waals surface area contributed by atoms with Gasteiger partial charge >= 0.3 is 0 Å². The van der Waals surface area contributed by atoms with E-state index in [9.17, 15) is 0 Å². The van der Waals surface area contributed by atoms with E-state index < -0.39 is 0 Å². The first-order valence-electron chi connectivity index (χ1n) is 6.64. The predicted molar refractivity (Wildman–Crippen MR) is 70.8 cm³/mol. The lowest BCUT2D eigenvalue weighted by molar-refractivity contribution is 0.195. The molecule has 0 spiro atoms. The van der Waals surface area contributed by atoms with E-state index in [4.69, 9.17) is 5.73 Å². The van der Waals surface area contributed by atoms with Crippen LogP contribution in [-0.4, -0.2) is 29.0 Å². The van der Waals surface area contributed by atoms with Crippen molar-refractivity contribution in [2.45, 2.75) is 45.2 Å². The van der Waals surface area contributed by atoms with Crippen molar-refractivity contribution < 1.29 is 0 Å². The van der Waals surface area contributed by atoms with Gasteiger partial charge in [-0.1, -0.05) is 19.4 Å². The molecule has 2 atom stereocenters. The molecule has 2 unspecified atom stereocenters. The Morgan fingerprint density at radius 1 is 1.41 bits per heavy atom. The lowest BCUT2D eigenvalue weighted by Gasteiger charge is -2.32. The number of nitrogens with zero attached hydrogens (tertiary/aromatic N) is 2. The molecule has 1 saturated heterocycles. The Morgan fingerprint density at radius 2 is 2.24 bits per heavy atom. The Morgan fingerprint density at radius 3 is 2.88 bits per heavy atom. The van der Waals surface area contributed by atoms with Crippen molar-refractivity contribution in [3.63, 3.8) is 0 Å². The molecule has 3 heteroatoms. The summed E-state index contributed by atoms with van der Waals surface area (Å²) in [6.45, 7) is 6.45. The van der Waals surface area contributed by atoms with E-state index in [1.54, 1.807) is 0 Å². The van der Waals surface area contributed by atoms with E-state index in [-0.39, 0.29) is 6.04 Å². The minimum Gasteiger partial charge on any atom is -0.326 e. The average molecular weight is 233 g/mol. The minimum atomic E-state index is 0.238. The summed E-state index contributed by atoms with van der Waals surface area (Å²) in [4.78, 5) is 6.90. The highest BCUT2D eigenvalue weighted by molar-refractivity contribution is 5.19. The topological polar surface area (TPSA) is 42.1 Å². The van der Waals surface area contributed by atoms with Crippen LogP contribution >= 0.6 is 0 Å². The molecular formula is C14H23N3. The molecule has 1 aromatic rings. The van der Waals surface area contributed by atoms with Crippen LogP contribution in [0.4, 0.5) is 0 Å². The number of pyridine rings is 1. The largest absolute Gasteiger partial charge is 0.326 e.